The molecule has 0 aliphatic carbocycles. The number of hydrogen-bond acceptors (Lipinski definition) is 5. The highest BCUT2D eigenvalue weighted by Gasteiger charge is 2.30. The Bertz CT molecular complexity index is 835. The van der Waals surface area contributed by atoms with E-state index in [-0.39, 0.29) is 5.75 Å². The van der Waals surface area contributed by atoms with E-state index in [9.17, 15) is 13.2 Å². The lowest BCUT2D eigenvalue weighted by Gasteiger charge is -2.09. The highest BCUT2D eigenvalue weighted by molar-refractivity contribution is 7.98. The van der Waals surface area contributed by atoms with Gasteiger partial charge < -0.3 is 9.30 Å². The number of halogens is 3. The van der Waals surface area contributed by atoms with Crippen LogP contribution in [0.15, 0.2) is 53.9 Å². The van der Waals surface area contributed by atoms with E-state index in [0.717, 1.165) is 11.1 Å². The fraction of sp³-hybridized carbons (Fsp3) is 0.188. The van der Waals surface area contributed by atoms with Gasteiger partial charge in [-0.05, 0) is 29.8 Å². The van der Waals surface area contributed by atoms with Gasteiger partial charge in [0.25, 0.3) is 0 Å². The van der Waals surface area contributed by atoms with Crippen molar-refractivity contribution in [3.8, 4) is 17.1 Å². The number of thioether (sulfide) groups is 1. The molecule has 3 rings (SSSR count). The second-order valence-electron chi connectivity index (χ2n) is 5.09. The Balaban J connectivity index is 1.65. The van der Waals surface area contributed by atoms with E-state index in [1.807, 2.05) is 23.7 Å². The minimum Gasteiger partial charge on any atom is -0.406 e. The van der Waals surface area contributed by atoms with Crippen molar-refractivity contribution in [1.82, 2.24) is 19.7 Å². The van der Waals surface area contributed by atoms with Gasteiger partial charge >= 0.3 is 6.36 Å². The van der Waals surface area contributed by atoms with Gasteiger partial charge in [-0.2, -0.15) is 0 Å². The Morgan fingerprint density at radius 2 is 1.88 bits per heavy atom. The Labute approximate surface area is 145 Å². The van der Waals surface area contributed by atoms with Crippen molar-refractivity contribution in [1.29, 1.82) is 0 Å². The van der Waals surface area contributed by atoms with Gasteiger partial charge in [-0.3, -0.25) is 4.98 Å². The number of aromatic nitrogens is 4. The Hall–Kier alpha value is -2.55. The number of ether oxygens (including phenoxy) is 1. The highest BCUT2D eigenvalue weighted by Crippen LogP contribution is 2.27. The molecule has 130 valence electrons. The van der Waals surface area contributed by atoms with Gasteiger partial charge in [0.1, 0.15) is 5.75 Å². The maximum absolute atomic E-state index is 12.1. The third kappa shape index (κ3) is 4.50. The largest absolute Gasteiger partial charge is 0.573 e. The summed E-state index contributed by atoms with van der Waals surface area (Å²) in [6.45, 7) is 0. The van der Waals surface area contributed by atoms with Crippen molar-refractivity contribution in [2.24, 2.45) is 7.05 Å². The van der Waals surface area contributed by atoms with Crippen LogP contribution in [0.5, 0.6) is 5.75 Å². The van der Waals surface area contributed by atoms with E-state index < -0.39 is 6.36 Å². The third-order valence-corrected chi connectivity index (χ3v) is 4.37. The van der Waals surface area contributed by atoms with Crippen LogP contribution in [0, 0.1) is 0 Å². The Morgan fingerprint density at radius 3 is 2.52 bits per heavy atom. The van der Waals surface area contributed by atoms with Gasteiger partial charge in [-0.1, -0.05) is 23.9 Å². The van der Waals surface area contributed by atoms with Crippen LogP contribution < -0.4 is 4.74 Å². The van der Waals surface area contributed by atoms with Crippen LogP contribution in [-0.2, 0) is 12.8 Å². The monoisotopic (exact) mass is 366 g/mol. The zero-order chi connectivity index (χ0) is 17.9. The minimum atomic E-state index is -4.68. The highest BCUT2D eigenvalue weighted by atomic mass is 32.2. The summed E-state index contributed by atoms with van der Waals surface area (Å²) in [4.78, 5) is 4.06. The predicted molar refractivity (Wildman–Crippen MR) is 86.9 cm³/mol. The average Bonchev–Trinajstić information content (AvgIpc) is 2.94. The maximum Gasteiger partial charge on any atom is 0.573 e. The predicted octanol–water partition coefficient (Wildman–Crippen LogP) is 4.07. The summed E-state index contributed by atoms with van der Waals surface area (Å²) in [6.07, 6.45) is -1.29. The van der Waals surface area contributed by atoms with Gasteiger partial charge in [0.15, 0.2) is 11.0 Å². The number of alkyl halides is 3. The molecule has 0 N–H and O–H groups in total. The third-order valence-electron chi connectivity index (χ3n) is 3.28. The van der Waals surface area contributed by atoms with E-state index in [1.165, 1.54) is 23.9 Å². The molecule has 0 spiro atoms. The van der Waals surface area contributed by atoms with E-state index in [4.69, 9.17) is 0 Å². The standard InChI is InChI=1S/C16H13F3N4OS/c1-23-14(12-3-2-8-20-9-12)21-22-15(23)25-10-11-4-6-13(7-5-11)24-16(17,18)19/h2-9H,10H2,1H3. The summed E-state index contributed by atoms with van der Waals surface area (Å²) < 4.78 is 42.1. The fourth-order valence-electron chi connectivity index (χ4n) is 2.12. The molecule has 0 atom stereocenters. The van der Waals surface area contributed by atoms with E-state index >= 15 is 0 Å². The molecule has 9 heteroatoms. The maximum atomic E-state index is 12.1. The molecule has 3 aromatic rings. The quantitative estimate of drug-likeness (QED) is 0.637. The minimum absolute atomic E-state index is 0.237. The van der Waals surface area contributed by atoms with Crippen molar-refractivity contribution >= 4 is 11.8 Å². The molecule has 1 aromatic carbocycles. The molecular formula is C16H13F3N4OS. The Morgan fingerprint density at radius 1 is 1.12 bits per heavy atom. The normalized spacial score (nSPS) is 11.5. The summed E-state index contributed by atoms with van der Waals surface area (Å²) in [5.41, 5.74) is 1.71. The first-order valence-electron chi connectivity index (χ1n) is 7.19. The molecule has 2 heterocycles. The van der Waals surface area contributed by atoms with Crippen LogP contribution in [0.25, 0.3) is 11.4 Å². The molecule has 0 bridgehead atoms. The molecule has 0 unspecified atom stereocenters. The van der Waals surface area contributed by atoms with Gasteiger partial charge in [-0.25, -0.2) is 0 Å². The van der Waals surface area contributed by atoms with E-state index in [0.29, 0.717) is 16.7 Å². The zero-order valence-electron chi connectivity index (χ0n) is 13.1. The molecular weight excluding hydrogens is 353 g/mol. The second-order valence-corrected chi connectivity index (χ2v) is 6.03. The summed E-state index contributed by atoms with van der Waals surface area (Å²) in [7, 11) is 1.85. The van der Waals surface area contributed by atoms with Crippen molar-refractivity contribution in [2.45, 2.75) is 17.3 Å². The number of rotatable bonds is 5. The van der Waals surface area contributed by atoms with E-state index in [2.05, 4.69) is 19.9 Å². The number of benzene rings is 1. The molecule has 0 fully saturated rings. The van der Waals surface area contributed by atoms with Crippen molar-refractivity contribution < 1.29 is 17.9 Å². The Kier molecular flexibility index (Phi) is 4.93. The van der Waals surface area contributed by atoms with Gasteiger partial charge in [0.2, 0.25) is 0 Å². The average molecular weight is 366 g/mol. The first-order valence-corrected chi connectivity index (χ1v) is 8.18. The van der Waals surface area contributed by atoms with Crippen LogP contribution in [-0.4, -0.2) is 26.1 Å². The second kappa shape index (κ2) is 7.14. The topological polar surface area (TPSA) is 52.8 Å². The summed E-state index contributed by atoms with van der Waals surface area (Å²) >= 11 is 1.44. The molecule has 2 aromatic heterocycles. The lowest BCUT2D eigenvalue weighted by atomic mass is 10.2. The first kappa shape index (κ1) is 17.3. The molecule has 0 saturated heterocycles. The molecule has 0 aliphatic rings. The summed E-state index contributed by atoms with van der Waals surface area (Å²) in [6, 6.07) is 9.48. The van der Waals surface area contributed by atoms with Crippen LogP contribution >= 0.6 is 11.8 Å². The zero-order valence-corrected chi connectivity index (χ0v) is 13.9. The van der Waals surface area contributed by atoms with Crippen molar-refractivity contribution in [3.63, 3.8) is 0 Å². The molecule has 0 saturated carbocycles. The molecule has 25 heavy (non-hydrogen) atoms. The van der Waals surface area contributed by atoms with Gasteiger partial charge in [0.05, 0.1) is 0 Å². The van der Waals surface area contributed by atoms with Crippen molar-refractivity contribution in [3.05, 3.63) is 54.4 Å². The van der Waals surface area contributed by atoms with Gasteiger partial charge in [0, 0.05) is 30.8 Å². The lowest BCUT2D eigenvalue weighted by molar-refractivity contribution is -0.274. The first-order chi connectivity index (χ1) is 11.9. The lowest BCUT2D eigenvalue weighted by Crippen LogP contribution is -2.16. The summed E-state index contributed by atoms with van der Waals surface area (Å²) in [5.74, 6) is 1.01. The molecule has 5 nitrogen and oxygen atoms in total. The van der Waals surface area contributed by atoms with Crippen LogP contribution in [0.1, 0.15) is 5.56 Å². The SMILES string of the molecule is Cn1c(SCc2ccc(OC(F)(F)F)cc2)nnc1-c1cccnc1. The number of nitrogens with zero attached hydrogens (tertiary/aromatic N) is 4. The summed E-state index contributed by atoms with van der Waals surface area (Å²) in [5, 5.41) is 9.01. The molecule has 0 radical (unpaired) electrons. The number of pyridine rings is 1. The smallest absolute Gasteiger partial charge is 0.406 e. The van der Waals surface area contributed by atoms with Gasteiger partial charge in [-0.15, -0.1) is 23.4 Å². The molecule has 0 amide bonds. The van der Waals surface area contributed by atoms with Crippen LogP contribution in [0.4, 0.5) is 13.2 Å². The fourth-order valence-corrected chi connectivity index (χ4v) is 2.99. The van der Waals surface area contributed by atoms with Crippen molar-refractivity contribution in [2.75, 3.05) is 0 Å². The number of hydrogen-bond donors (Lipinski definition) is 0. The van der Waals surface area contributed by atoms with Crippen LogP contribution in [0.2, 0.25) is 0 Å². The van der Waals surface area contributed by atoms with Crippen LogP contribution in [0.3, 0.4) is 0 Å². The van der Waals surface area contributed by atoms with E-state index in [1.54, 1.807) is 24.5 Å². The molecule has 0 aliphatic heterocycles.